The van der Waals surface area contributed by atoms with Crippen LogP contribution in [0.3, 0.4) is 0 Å². The van der Waals surface area contributed by atoms with Crippen molar-refractivity contribution in [3.8, 4) is 5.75 Å². The summed E-state index contributed by atoms with van der Waals surface area (Å²) in [6.45, 7) is 0. The smallest absolute Gasteiger partial charge is 0.510 e. The molecule has 66 valence electrons. The average molecular weight is 189 g/mol. The Bertz CT molecular complexity index is 246. The molecule has 4 N–H and O–H groups in total. The Hall–Kier alpha value is -0.905. The molecule has 4 nitrogen and oxygen atoms in total. The van der Waals surface area contributed by atoms with Gasteiger partial charge in [-0.25, -0.2) is 0 Å². The van der Waals surface area contributed by atoms with Crippen molar-refractivity contribution in [1.29, 1.82) is 0 Å². The third-order valence-corrected chi connectivity index (χ3v) is 1.15. The maximum Gasteiger partial charge on any atom is 0.707 e. The number of nitrogen functional groups attached to an aromatic ring is 1. The minimum absolute atomic E-state index is 0. The van der Waals surface area contributed by atoms with Crippen LogP contribution in [0.25, 0.3) is 0 Å². The number of nitrogens with two attached hydrogens (primary N) is 1. The van der Waals surface area contributed by atoms with Crippen molar-refractivity contribution in [2.45, 2.75) is 0 Å². The van der Waals surface area contributed by atoms with Crippen molar-refractivity contribution in [2.24, 2.45) is 0 Å². The quantitative estimate of drug-likeness (QED) is 0.453. The second-order valence-electron chi connectivity index (χ2n) is 1.98. The highest BCUT2D eigenvalue weighted by molar-refractivity contribution is 6.33. The van der Waals surface area contributed by atoms with Crippen LogP contribution in [-0.2, 0) is 0 Å². The van der Waals surface area contributed by atoms with Crippen LogP contribution in [0.1, 0.15) is 0 Å². The van der Waals surface area contributed by atoms with Gasteiger partial charge in [-0.15, -0.1) is 12.4 Å². The highest BCUT2D eigenvalue weighted by atomic mass is 35.5. The van der Waals surface area contributed by atoms with Crippen molar-refractivity contribution in [2.75, 3.05) is 5.73 Å². The molecule has 0 fully saturated rings. The Labute approximate surface area is 76.6 Å². The van der Waals surface area contributed by atoms with Crippen LogP contribution in [0.5, 0.6) is 5.75 Å². The SMILES string of the molecule is Cl.Nc1ccccc1OB(O)O. The molecule has 1 aromatic rings. The summed E-state index contributed by atoms with van der Waals surface area (Å²) in [5, 5.41) is 16.8. The summed E-state index contributed by atoms with van der Waals surface area (Å²) < 4.78 is 4.53. The van der Waals surface area contributed by atoms with Gasteiger partial charge in [0.15, 0.2) is 0 Å². The van der Waals surface area contributed by atoms with Gasteiger partial charge in [-0.3, -0.25) is 0 Å². The van der Waals surface area contributed by atoms with Crippen molar-refractivity contribution in [3.63, 3.8) is 0 Å². The molecular weight excluding hydrogens is 180 g/mol. The monoisotopic (exact) mass is 189 g/mol. The van der Waals surface area contributed by atoms with Crippen LogP contribution in [0, 0.1) is 0 Å². The third-order valence-electron chi connectivity index (χ3n) is 1.15. The summed E-state index contributed by atoms with van der Waals surface area (Å²) >= 11 is 0. The predicted molar refractivity (Wildman–Crippen MR) is 48.9 cm³/mol. The first-order valence-corrected chi connectivity index (χ1v) is 3.07. The number of halogens is 1. The third kappa shape index (κ3) is 3.00. The zero-order valence-corrected chi connectivity index (χ0v) is 6.99. The van der Waals surface area contributed by atoms with Crippen molar-refractivity contribution < 1.29 is 14.7 Å². The second kappa shape index (κ2) is 4.87. The molecule has 0 aliphatic rings. The number of hydrogen-bond acceptors (Lipinski definition) is 4. The largest absolute Gasteiger partial charge is 0.707 e. The molecular formula is C6H9BClNO3. The van der Waals surface area contributed by atoms with Gasteiger partial charge in [0, 0.05) is 0 Å². The van der Waals surface area contributed by atoms with Gasteiger partial charge < -0.3 is 20.4 Å². The van der Waals surface area contributed by atoms with Gasteiger partial charge in [-0.05, 0) is 12.1 Å². The normalized spacial score (nSPS) is 8.50. The molecule has 0 aliphatic heterocycles. The molecule has 1 aromatic carbocycles. The molecule has 0 aliphatic carbocycles. The molecule has 0 heterocycles. The summed E-state index contributed by atoms with van der Waals surface area (Å²) in [6.07, 6.45) is 0. The lowest BCUT2D eigenvalue weighted by molar-refractivity contribution is 0.289. The van der Waals surface area contributed by atoms with Crippen molar-refractivity contribution >= 4 is 25.4 Å². The van der Waals surface area contributed by atoms with Crippen LogP contribution < -0.4 is 10.4 Å². The Balaban J connectivity index is 0.00000121. The van der Waals surface area contributed by atoms with E-state index in [0.717, 1.165) is 0 Å². The maximum absolute atomic E-state index is 8.41. The Morgan fingerprint density at radius 2 is 1.83 bits per heavy atom. The molecule has 0 amide bonds. The highest BCUT2D eigenvalue weighted by Crippen LogP contribution is 2.19. The maximum atomic E-state index is 8.41. The second-order valence-corrected chi connectivity index (χ2v) is 1.98. The van der Waals surface area contributed by atoms with E-state index in [4.69, 9.17) is 15.8 Å². The van der Waals surface area contributed by atoms with Gasteiger partial charge >= 0.3 is 7.32 Å². The number of hydrogen-bond donors (Lipinski definition) is 3. The Morgan fingerprint density at radius 3 is 2.33 bits per heavy atom. The first kappa shape index (κ1) is 11.1. The molecule has 1 rings (SSSR count). The summed E-state index contributed by atoms with van der Waals surface area (Å²) in [5.74, 6) is 0.266. The summed E-state index contributed by atoms with van der Waals surface area (Å²) in [5.41, 5.74) is 5.80. The lowest BCUT2D eigenvalue weighted by Crippen LogP contribution is -2.21. The fourth-order valence-corrected chi connectivity index (χ4v) is 0.701. The van der Waals surface area contributed by atoms with E-state index in [1.54, 1.807) is 24.3 Å². The standard InChI is InChI=1S/C6H8BNO3.ClH/c8-5-3-1-2-4-6(5)11-7(9)10;/h1-4,9-10H,8H2;1H. The Kier molecular flexibility index (Phi) is 4.50. The lowest BCUT2D eigenvalue weighted by atomic mass is 10.2. The Morgan fingerprint density at radius 1 is 1.25 bits per heavy atom. The first-order chi connectivity index (χ1) is 5.20. The molecule has 6 heteroatoms. The predicted octanol–water partition coefficient (Wildman–Crippen LogP) is 0.0389. The van der Waals surface area contributed by atoms with Crippen molar-refractivity contribution in [3.05, 3.63) is 24.3 Å². The topological polar surface area (TPSA) is 75.7 Å². The van der Waals surface area contributed by atoms with E-state index in [9.17, 15) is 0 Å². The van der Waals surface area contributed by atoms with Gasteiger partial charge in [0.2, 0.25) is 0 Å². The van der Waals surface area contributed by atoms with Crippen LogP contribution in [0.2, 0.25) is 0 Å². The van der Waals surface area contributed by atoms with Gasteiger partial charge in [0.05, 0.1) is 5.69 Å². The molecule has 12 heavy (non-hydrogen) atoms. The highest BCUT2D eigenvalue weighted by Gasteiger charge is 2.11. The lowest BCUT2D eigenvalue weighted by Gasteiger charge is -2.05. The van der Waals surface area contributed by atoms with E-state index in [2.05, 4.69) is 4.65 Å². The molecule has 0 aromatic heterocycles. The molecule has 0 bridgehead atoms. The fraction of sp³-hybridized carbons (Fsp3) is 0. The van der Waals surface area contributed by atoms with E-state index in [1.165, 1.54) is 0 Å². The fourth-order valence-electron chi connectivity index (χ4n) is 0.701. The van der Waals surface area contributed by atoms with Gasteiger partial charge in [-0.2, -0.15) is 0 Å². The van der Waals surface area contributed by atoms with E-state index in [-0.39, 0.29) is 18.2 Å². The van der Waals surface area contributed by atoms with Gasteiger partial charge in [0.25, 0.3) is 0 Å². The minimum atomic E-state index is -1.82. The number of para-hydroxylation sites is 2. The molecule has 0 saturated heterocycles. The van der Waals surface area contributed by atoms with Crippen LogP contribution in [-0.4, -0.2) is 17.4 Å². The number of benzene rings is 1. The van der Waals surface area contributed by atoms with Gasteiger partial charge in [-0.1, -0.05) is 12.1 Å². The summed E-state index contributed by atoms with van der Waals surface area (Å²) in [6, 6.07) is 6.58. The summed E-state index contributed by atoms with van der Waals surface area (Å²) in [7, 11) is -1.82. The van der Waals surface area contributed by atoms with Crippen LogP contribution in [0.15, 0.2) is 24.3 Å². The van der Waals surface area contributed by atoms with E-state index in [0.29, 0.717) is 5.69 Å². The van der Waals surface area contributed by atoms with Crippen LogP contribution >= 0.6 is 12.4 Å². The van der Waals surface area contributed by atoms with E-state index >= 15 is 0 Å². The van der Waals surface area contributed by atoms with Gasteiger partial charge in [0.1, 0.15) is 5.75 Å². The molecule has 0 radical (unpaired) electrons. The first-order valence-electron chi connectivity index (χ1n) is 3.07. The minimum Gasteiger partial charge on any atom is -0.510 e. The zero-order chi connectivity index (χ0) is 8.27. The molecule has 0 saturated carbocycles. The number of anilines is 1. The van der Waals surface area contributed by atoms with E-state index in [1.807, 2.05) is 0 Å². The van der Waals surface area contributed by atoms with Crippen molar-refractivity contribution in [1.82, 2.24) is 0 Å². The zero-order valence-electron chi connectivity index (χ0n) is 6.18. The summed E-state index contributed by atoms with van der Waals surface area (Å²) in [4.78, 5) is 0. The van der Waals surface area contributed by atoms with E-state index < -0.39 is 7.32 Å². The molecule has 0 unspecified atom stereocenters. The number of rotatable bonds is 2. The molecule has 0 atom stereocenters. The van der Waals surface area contributed by atoms with Crippen LogP contribution in [0.4, 0.5) is 5.69 Å². The molecule has 0 spiro atoms. The average Bonchev–Trinajstić information content (AvgIpc) is 1.93.